The molecule has 0 aliphatic heterocycles. The Morgan fingerprint density at radius 3 is 1.27 bits per heavy atom. The fourth-order valence-electron chi connectivity index (χ4n) is 3.87. The van der Waals surface area contributed by atoms with Crippen molar-refractivity contribution < 1.29 is 14.6 Å². The van der Waals surface area contributed by atoms with Gasteiger partial charge < -0.3 is 9.84 Å². The first-order valence-corrected chi connectivity index (χ1v) is 11.5. The lowest BCUT2D eigenvalue weighted by Crippen LogP contribution is -2.35. The highest BCUT2D eigenvalue weighted by Gasteiger charge is 2.33. The van der Waals surface area contributed by atoms with Crippen LogP contribution in [0.15, 0.2) is 0 Å². The third kappa shape index (κ3) is 14.4. The van der Waals surface area contributed by atoms with E-state index in [1.54, 1.807) is 0 Å². The smallest absolute Gasteiger partial charge is 0.450 e. The van der Waals surface area contributed by atoms with Crippen molar-refractivity contribution in [2.75, 3.05) is 0 Å². The van der Waals surface area contributed by atoms with E-state index < -0.39 is 11.8 Å². The summed E-state index contributed by atoms with van der Waals surface area (Å²) < 4.78 is 5.56. The summed E-state index contributed by atoms with van der Waals surface area (Å²) in [5.74, 6) is 0. The van der Waals surface area contributed by atoms with Crippen LogP contribution in [0.2, 0.25) is 0 Å². The summed E-state index contributed by atoms with van der Waals surface area (Å²) in [6.45, 7) is 6.67. The number of hydrogen-bond donors (Lipinski definition) is 1. The standard InChI is InChI=1S/C23H46O3/c1-4-7-10-13-14-15-18-21-23(26-22(24)25,19-16-11-8-5-2)20-17-12-9-6-3/h4-21H2,1-3H3,(H,24,25). The van der Waals surface area contributed by atoms with Gasteiger partial charge in [-0.25, -0.2) is 4.79 Å². The first-order chi connectivity index (χ1) is 12.6. The number of unbranched alkanes of at least 4 members (excludes halogenated alkanes) is 12. The van der Waals surface area contributed by atoms with Crippen molar-refractivity contribution in [2.45, 2.75) is 142 Å². The van der Waals surface area contributed by atoms with Crippen LogP contribution in [0.25, 0.3) is 0 Å². The van der Waals surface area contributed by atoms with E-state index in [0.29, 0.717) is 0 Å². The van der Waals surface area contributed by atoms with Crippen LogP contribution in [0.4, 0.5) is 4.79 Å². The molecule has 0 aromatic carbocycles. The van der Waals surface area contributed by atoms with Gasteiger partial charge in [0.1, 0.15) is 5.60 Å². The molecule has 0 heterocycles. The summed E-state index contributed by atoms with van der Waals surface area (Å²) in [6, 6.07) is 0. The molecule has 0 saturated carbocycles. The predicted molar refractivity (Wildman–Crippen MR) is 112 cm³/mol. The predicted octanol–water partition coefficient (Wildman–Crippen LogP) is 8.50. The Bertz CT molecular complexity index is 303. The Morgan fingerprint density at radius 2 is 0.923 bits per heavy atom. The van der Waals surface area contributed by atoms with Crippen molar-refractivity contribution in [3.05, 3.63) is 0 Å². The fourth-order valence-corrected chi connectivity index (χ4v) is 3.87. The van der Waals surface area contributed by atoms with Crippen LogP contribution in [0.5, 0.6) is 0 Å². The average Bonchev–Trinajstić information content (AvgIpc) is 2.61. The highest BCUT2D eigenvalue weighted by molar-refractivity contribution is 5.57. The van der Waals surface area contributed by atoms with Crippen LogP contribution in [-0.4, -0.2) is 16.9 Å². The van der Waals surface area contributed by atoms with Gasteiger partial charge in [-0.05, 0) is 38.5 Å². The molecular weight excluding hydrogens is 324 g/mol. The largest absolute Gasteiger partial charge is 0.506 e. The minimum absolute atomic E-state index is 0.434. The van der Waals surface area contributed by atoms with Gasteiger partial charge in [-0.2, -0.15) is 0 Å². The molecule has 1 N–H and O–H groups in total. The van der Waals surface area contributed by atoms with Crippen LogP contribution in [0.3, 0.4) is 0 Å². The molecule has 0 bridgehead atoms. The molecule has 0 amide bonds. The third-order valence-electron chi connectivity index (χ3n) is 5.51. The summed E-state index contributed by atoms with van der Waals surface area (Å²) in [4.78, 5) is 11.4. The van der Waals surface area contributed by atoms with Crippen LogP contribution >= 0.6 is 0 Å². The number of carboxylic acid groups (broad SMARTS) is 1. The lowest BCUT2D eigenvalue weighted by atomic mass is 9.84. The van der Waals surface area contributed by atoms with Crippen molar-refractivity contribution in [3.8, 4) is 0 Å². The van der Waals surface area contributed by atoms with E-state index >= 15 is 0 Å². The molecule has 0 spiro atoms. The number of hydrogen-bond acceptors (Lipinski definition) is 2. The summed E-state index contributed by atoms with van der Waals surface area (Å²) in [7, 11) is 0. The minimum atomic E-state index is -1.08. The molecule has 0 fully saturated rings. The maximum absolute atomic E-state index is 11.4. The van der Waals surface area contributed by atoms with E-state index in [0.717, 1.165) is 38.5 Å². The lowest BCUT2D eigenvalue weighted by Gasteiger charge is -2.33. The summed E-state index contributed by atoms with van der Waals surface area (Å²) >= 11 is 0. The van der Waals surface area contributed by atoms with E-state index in [1.165, 1.54) is 77.0 Å². The summed E-state index contributed by atoms with van der Waals surface area (Å²) in [5, 5.41) is 9.33. The first-order valence-electron chi connectivity index (χ1n) is 11.5. The van der Waals surface area contributed by atoms with Crippen molar-refractivity contribution in [2.24, 2.45) is 0 Å². The Balaban J connectivity index is 4.52. The molecule has 0 aromatic heterocycles. The molecule has 26 heavy (non-hydrogen) atoms. The zero-order chi connectivity index (χ0) is 19.5. The summed E-state index contributed by atoms with van der Waals surface area (Å²) in [6.07, 6.45) is 19.9. The SMILES string of the molecule is CCCCCCCCCC(CCCCCC)(CCCCCC)OC(=O)O. The molecule has 0 saturated heterocycles. The Kier molecular flexibility index (Phi) is 17.2. The molecule has 0 aromatic rings. The fraction of sp³-hybridized carbons (Fsp3) is 0.957. The first kappa shape index (κ1) is 25.3. The van der Waals surface area contributed by atoms with Crippen molar-refractivity contribution in [1.82, 2.24) is 0 Å². The van der Waals surface area contributed by atoms with Gasteiger partial charge in [0.2, 0.25) is 0 Å². The molecule has 156 valence electrons. The zero-order valence-electron chi connectivity index (χ0n) is 18.0. The second-order valence-corrected chi connectivity index (χ2v) is 8.04. The van der Waals surface area contributed by atoms with Gasteiger partial charge in [-0.1, -0.05) is 97.8 Å². The Labute approximate surface area is 163 Å². The Hall–Kier alpha value is -0.730. The van der Waals surface area contributed by atoms with E-state index in [4.69, 9.17) is 4.74 Å². The Morgan fingerprint density at radius 1 is 0.615 bits per heavy atom. The number of rotatable bonds is 19. The highest BCUT2D eigenvalue weighted by atomic mass is 16.7. The van der Waals surface area contributed by atoms with E-state index in [-0.39, 0.29) is 0 Å². The molecule has 0 aliphatic carbocycles. The van der Waals surface area contributed by atoms with E-state index in [2.05, 4.69) is 20.8 Å². The second-order valence-electron chi connectivity index (χ2n) is 8.04. The maximum Gasteiger partial charge on any atom is 0.506 e. The quantitative estimate of drug-likeness (QED) is 0.183. The molecule has 0 atom stereocenters. The second kappa shape index (κ2) is 17.7. The maximum atomic E-state index is 11.4. The van der Waals surface area contributed by atoms with Gasteiger partial charge in [-0.15, -0.1) is 0 Å². The van der Waals surface area contributed by atoms with Crippen molar-refractivity contribution in [3.63, 3.8) is 0 Å². The molecule has 0 unspecified atom stereocenters. The van der Waals surface area contributed by atoms with Crippen LogP contribution in [-0.2, 0) is 4.74 Å². The van der Waals surface area contributed by atoms with E-state index in [1.807, 2.05) is 0 Å². The van der Waals surface area contributed by atoms with Gasteiger partial charge in [-0.3, -0.25) is 0 Å². The van der Waals surface area contributed by atoms with Crippen LogP contribution in [0, 0.1) is 0 Å². The van der Waals surface area contributed by atoms with Crippen molar-refractivity contribution in [1.29, 1.82) is 0 Å². The molecule has 0 aliphatic rings. The van der Waals surface area contributed by atoms with E-state index in [9.17, 15) is 9.90 Å². The van der Waals surface area contributed by atoms with Crippen molar-refractivity contribution >= 4 is 6.16 Å². The minimum Gasteiger partial charge on any atom is -0.450 e. The van der Waals surface area contributed by atoms with Gasteiger partial charge in [0.25, 0.3) is 0 Å². The molecule has 0 radical (unpaired) electrons. The van der Waals surface area contributed by atoms with Gasteiger partial charge in [0.15, 0.2) is 0 Å². The van der Waals surface area contributed by atoms with Gasteiger partial charge >= 0.3 is 6.16 Å². The molecular formula is C23H46O3. The average molecular weight is 371 g/mol. The van der Waals surface area contributed by atoms with Gasteiger partial charge in [0.05, 0.1) is 0 Å². The molecule has 3 heteroatoms. The third-order valence-corrected chi connectivity index (χ3v) is 5.51. The number of ether oxygens (including phenoxy) is 1. The monoisotopic (exact) mass is 370 g/mol. The lowest BCUT2D eigenvalue weighted by molar-refractivity contribution is -0.0396. The van der Waals surface area contributed by atoms with Crippen LogP contribution < -0.4 is 0 Å². The molecule has 3 nitrogen and oxygen atoms in total. The zero-order valence-corrected chi connectivity index (χ0v) is 18.0. The number of carbonyl (C=O) groups is 1. The topological polar surface area (TPSA) is 46.5 Å². The van der Waals surface area contributed by atoms with Gasteiger partial charge in [0, 0.05) is 0 Å². The van der Waals surface area contributed by atoms with Crippen LogP contribution in [0.1, 0.15) is 136 Å². The highest BCUT2D eigenvalue weighted by Crippen LogP contribution is 2.33. The normalized spacial score (nSPS) is 11.7. The summed E-state index contributed by atoms with van der Waals surface area (Å²) in [5.41, 5.74) is -0.434. The molecule has 0 rings (SSSR count).